The van der Waals surface area contributed by atoms with Crippen LogP contribution in [-0.4, -0.2) is 16.1 Å². The second-order valence-electron chi connectivity index (χ2n) is 5.43. The molecule has 0 saturated carbocycles. The van der Waals surface area contributed by atoms with E-state index in [9.17, 15) is 9.90 Å². The zero-order valence-electron chi connectivity index (χ0n) is 13.3. The van der Waals surface area contributed by atoms with E-state index in [0.29, 0.717) is 12.4 Å². The summed E-state index contributed by atoms with van der Waals surface area (Å²) in [5.74, 6) is -0.653. The van der Waals surface area contributed by atoms with Crippen molar-refractivity contribution in [3.63, 3.8) is 0 Å². The molecule has 1 aromatic heterocycles. The molecular formula is C20H17NO3. The molecule has 0 aliphatic carbocycles. The number of aryl methyl sites for hydroxylation is 1. The molecule has 1 heterocycles. The second-order valence-corrected chi connectivity index (χ2v) is 5.43. The minimum absolute atomic E-state index is 0.149. The summed E-state index contributed by atoms with van der Waals surface area (Å²) in [5.41, 5.74) is 3.86. The maximum atomic E-state index is 11.5. The highest BCUT2D eigenvalue weighted by Crippen LogP contribution is 2.29. The number of pyridine rings is 1. The Balaban J connectivity index is 1.95. The number of rotatable bonds is 5. The molecule has 0 saturated heterocycles. The Morgan fingerprint density at radius 2 is 1.88 bits per heavy atom. The van der Waals surface area contributed by atoms with E-state index in [2.05, 4.69) is 4.98 Å². The van der Waals surface area contributed by atoms with E-state index in [1.807, 2.05) is 49.4 Å². The Hall–Kier alpha value is -3.14. The van der Waals surface area contributed by atoms with Crippen LogP contribution in [0.2, 0.25) is 0 Å². The molecule has 0 unspecified atom stereocenters. The van der Waals surface area contributed by atoms with Crippen LogP contribution in [0.15, 0.2) is 66.9 Å². The van der Waals surface area contributed by atoms with Gasteiger partial charge in [-0.25, -0.2) is 4.79 Å². The summed E-state index contributed by atoms with van der Waals surface area (Å²) in [6.07, 6.45) is 1.73. The van der Waals surface area contributed by atoms with E-state index in [1.54, 1.807) is 24.4 Å². The topological polar surface area (TPSA) is 59.4 Å². The van der Waals surface area contributed by atoms with Crippen LogP contribution in [0.1, 0.15) is 21.6 Å². The predicted octanol–water partition coefficient (Wildman–Crippen LogP) is 4.33. The summed E-state index contributed by atoms with van der Waals surface area (Å²) in [6, 6.07) is 18.6. The Labute approximate surface area is 140 Å². The standard InChI is InChI=1S/C20H17NO3/c1-14-17(8-5-11-21-14)16-9-10-18(20(22)23)19(12-16)24-13-15-6-3-2-4-7-15/h2-12H,13H2,1H3,(H,22,23). The van der Waals surface area contributed by atoms with Gasteiger partial charge in [-0.2, -0.15) is 0 Å². The van der Waals surface area contributed by atoms with Crippen molar-refractivity contribution in [3.05, 3.63) is 83.7 Å². The molecule has 4 heteroatoms. The van der Waals surface area contributed by atoms with Gasteiger partial charge in [0.1, 0.15) is 17.9 Å². The average molecular weight is 319 g/mol. The lowest BCUT2D eigenvalue weighted by Gasteiger charge is -2.12. The maximum Gasteiger partial charge on any atom is 0.339 e. The second kappa shape index (κ2) is 6.96. The predicted molar refractivity (Wildman–Crippen MR) is 92.1 cm³/mol. The number of carboxylic acid groups (broad SMARTS) is 1. The van der Waals surface area contributed by atoms with Gasteiger partial charge in [0.25, 0.3) is 0 Å². The summed E-state index contributed by atoms with van der Waals surface area (Å²) in [7, 11) is 0. The van der Waals surface area contributed by atoms with E-state index >= 15 is 0 Å². The summed E-state index contributed by atoms with van der Waals surface area (Å²) in [5, 5.41) is 9.39. The van der Waals surface area contributed by atoms with Crippen molar-refractivity contribution in [2.45, 2.75) is 13.5 Å². The molecule has 0 aliphatic rings. The number of hydrogen-bond acceptors (Lipinski definition) is 3. The highest BCUT2D eigenvalue weighted by molar-refractivity contribution is 5.92. The van der Waals surface area contributed by atoms with Crippen LogP contribution in [0.3, 0.4) is 0 Å². The van der Waals surface area contributed by atoms with Crippen molar-refractivity contribution in [1.29, 1.82) is 0 Å². The normalized spacial score (nSPS) is 10.4. The number of carboxylic acids is 1. The van der Waals surface area contributed by atoms with Crippen LogP contribution in [-0.2, 0) is 6.61 Å². The Bertz CT molecular complexity index is 860. The lowest BCUT2D eigenvalue weighted by atomic mass is 10.0. The largest absolute Gasteiger partial charge is 0.488 e. The van der Waals surface area contributed by atoms with Gasteiger partial charge in [0.05, 0.1) is 0 Å². The third kappa shape index (κ3) is 3.43. The van der Waals surface area contributed by atoms with Crippen molar-refractivity contribution in [2.24, 2.45) is 0 Å². The summed E-state index contributed by atoms with van der Waals surface area (Å²) < 4.78 is 5.79. The molecular weight excluding hydrogens is 302 g/mol. The smallest absolute Gasteiger partial charge is 0.339 e. The number of benzene rings is 2. The number of aromatic nitrogens is 1. The molecule has 0 bridgehead atoms. The SMILES string of the molecule is Cc1ncccc1-c1ccc(C(=O)O)c(OCc2ccccc2)c1. The zero-order chi connectivity index (χ0) is 16.9. The fourth-order valence-corrected chi connectivity index (χ4v) is 2.51. The van der Waals surface area contributed by atoms with Gasteiger partial charge in [0, 0.05) is 17.5 Å². The molecule has 2 aromatic carbocycles. The van der Waals surface area contributed by atoms with Gasteiger partial charge < -0.3 is 9.84 Å². The van der Waals surface area contributed by atoms with Crippen molar-refractivity contribution < 1.29 is 14.6 Å². The average Bonchev–Trinajstić information content (AvgIpc) is 2.61. The zero-order valence-corrected chi connectivity index (χ0v) is 13.3. The first-order chi connectivity index (χ1) is 11.6. The number of carbonyl (C=O) groups is 1. The summed E-state index contributed by atoms with van der Waals surface area (Å²) in [6.45, 7) is 2.24. The van der Waals surface area contributed by atoms with Crippen molar-refractivity contribution >= 4 is 5.97 Å². The number of ether oxygens (including phenoxy) is 1. The molecule has 120 valence electrons. The molecule has 3 rings (SSSR count). The lowest BCUT2D eigenvalue weighted by Crippen LogP contribution is -2.04. The fourth-order valence-electron chi connectivity index (χ4n) is 2.51. The molecule has 3 aromatic rings. The first-order valence-corrected chi connectivity index (χ1v) is 7.61. The van der Waals surface area contributed by atoms with Gasteiger partial charge in [-0.1, -0.05) is 42.5 Å². The third-order valence-corrected chi connectivity index (χ3v) is 3.77. The van der Waals surface area contributed by atoms with E-state index in [-0.39, 0.29) is 5.56 Å². The van der Waals surface area contributed by atoms with Gasteiger partial charge >= 0.3 is 5.97 Å². The van der Waals surface area contributed by atoms with Crippen molar-refractivity contribution in [3.8, 4) is 16.9 Å². The van der Waals surface area contributed by atoms with E-state index in [0.717, 1.165) is 22.4 Å². The van der Waals surface area contributed by atoms with E-state index < -0.39 is 5.97 Å². The quantitative estimate of drug-likeness (QED) is 0.760. The minimum Gasteiger partial charge on any atom is -0.488 e. The molecule has 1 N–H and O–H groups in total. The molecule has 0 spiro atoms. The highest BCUT2D eigenvalue weighted by Gasteiger charge is 2.14. The summed E-state index contributed by atoms with van der Waals surface area (Å²) >= 11 is 0. The molecule has 0 amide bonds. The molecule has 24 heavy (non-hydrogen) atoms. The van der Waals surface area contributed by atoms with Crippen LogP contribution in [0, 0.1) is 6.92 Å². The van der Waals surface area contributed by atoms with Crippen molar-refractivity contribution in [1.82, 2.24) is 4.98 Å². The van der Waals surface area contributed by atoms with E-state index in [1.165, 1.54) is 0 Å². The Kier molecular flexibility index (Phi) is 4.57. The number of nitrogens with zero attached hydrogens (tertiary/aromatic N) is 1. The lowest BCUT2D eigenvalue weighted by molar-refractivity contribution is 0.0692. The van der Waals surface area contributed by atoms with Gasteiger partial charge in [-0.05, 0) is 36.2 Å². The number of hydrogen-bond donors (Lipinski definition) is 1. The van der Waals surface area contributed by atoms with Crippen molar-refractivity contribution in [2.75, 3.05) is 0 Å². The minimum atomic E-state index is -1.01. The molecule has 0 atom stereocenters. The van der Waals surface area contributed by atoms with Gasteiger partial charge in [-0.15, -0.1) is 0 Å². The first-order valence-electron chi connectivity index (χ1n) is 7.61. The first kappa shape index (κ1) is 15.7. The van der Waals surface area contributed by atoms with Crippen LogP contribution in [0.5, 0.6) is 5.75 Å². The third-order valence-electron chi connectivity index (χ3n) is 3.77. The fraction of sp³-hybridized carbons (Fsp3) is 0.100. The Morgan fingerprint density at radius 1 is 1.08 bits per heavy atom. The molecule has 4 nitrogen and oxygen atoms in total. The maximum absolute atomic E-state index is 11.5. The molecule has 0 radical (unpaired) electrons. The molecule has 0 aliphatic heterocycles. The molecule has 0 fully saturated rings. The van der Waals surface area contributed by atoms with Crippen LogP contribution >= 0.6 is 0 Å². The van der Waals surface area contributed by atoms with Crippen LogP contribution in [0.25, 0.3) is 11.1 Å². The van der Waals surface area contributed by atoms with Gasteiger partial charge in [0.2, 0.25) is 0 Å². The van der Waals surface area contributed by atoms with Gasteiger partial charge in [-0.3, -0.25) is 4.98 Å². The monoisotopic (exact) mass is 319 g/mol. The van der Waals surface area contributed by atoms with Crippen LogP contribution in [0.4, 0.5) is 0 Å². The Morgan fingerprint density at radius 3 is 2.58 bits per heavy atom. The van der Waals surface area contributed by atoms with E-state index in [4.69, 9.17) is 4.74 Å². The summed E-state index contributed by atoms with van der Waals surface area (Å²) in [4.78, 5) is 15.7. The highest BCUT2D eigenvalue weighted by atomic mass is 16.5. The van der Waals surface area contributed by atoms with Crippen LogP contribution < -0.4 is 4.74 Å². The number of aromatic carboxylic acids is 1. The van der Waals surface area contributed by atoms with Gasteiger partial charge in [0.15, 0.2) is 0 Å².